The number of Topliss-reactive ketones (excluding diaryl/α,β-unsaturated/α-hetero) is 1. The number of thiol groups is 1. The molecule has 1 aromatic carbocycles. The zero-order valence-corrected chi connectivity index (χ0v) is 9.55. The summed E-state index contributed by atoms with van der Waals surface area (Å²) in [7, 11) is 0. The summed E-state index contributed by atoms with van der Waals surface area (Å²) >= 11 is 4.06. The molecular formula is C11H15NO2S. The summed E-state index contributed by atoms with van der Waals surface area (Å²) in [6, 6.07) is 4.95. The first-order chi connectivity index (χ1) is 7.20. The van der Waals surface area contributed by atoms with Crippen molar-refractivity contribution in [1.82, 2.24) is 0 Å². The molecule has 0 saturated carbocycles. The molecule has 0 bridgehead atoms. The van der Waals surface area contributed by atoms with Crippen molar-refractivity contribution >= 4 is 24.1 Å². The minimum atomic E-state index is 0.0209. The van der Waals surface area contributed by atoms with E-state index in [4.69, 9.17) is 0 Å². The Kier molecular flexibility index (Phi) is 4.49. The van der Waals surface area contributed by atoms with Gasteiger partial charge in [0.2, 0.25) is 0 Å². The minimum absolute atomic E-state index is 0.0209. The lowest BCUT2D eigenvalue weighted by Crippen LogP contribution is -2.08. The molecule has 15 heavy (non-hydrogen) atoms. The summed E-state index contributed by atoms with van der Waals surface area (Å²) in [4.78, 5) is 11.6. The van der Waals surface area contributed by atoms with E-state index in [1.807, 2.05) is 0 Å². The topological polar surface area (TPSA) is 49.3 Å². The number of hydrogen-bond acceptors (Lipinski definition) is 4. The Morgan fingerprint density at radius 3 is 2.87 bits per heavy atom. The number of benzene rings is 1. The smallest absolute Gasteiger partial charge is 0.164 e. The number of para-hydroxylation sites is 1. The quantitative estimate of drug-likeness (QED) is 0.409. The number of rotatable bonds is 5. The highest BCUT2D eigenvalue weighted by atomic mass is 32.1. The molecule has 1 rings (SSSR count). The van der Waals surface area contributed by atoms with Crippen LogP contribution in [0.25, 0.3) is 0 Å². The molecule has 0 fully saturated rings. The van der Waals surface area contributed by atoms with Gasteiger partial charge in [-0.2, -0.15) is 12.6 Å². The van der Waals surface area contributed by atoms with E-state index in [0.717, 1.165) is 0 Å². The van der Waals surface area contributed by atoms with Gasteiger partial charge in [-0.05, 0) is 12.1 Å². The largest absolute Gasteiger partial charge is 0.506 e. The lowest BCUT2D eigenvalue weighted by Gasteiger charge is -2.11. The molecule has 82 valence electrons. The molecule has 4 heteroatoms. The van der Waals surface area contributed by atoms with Crippen molar-refractivity contribution in [3.05, 3.63) is 23.8 Å². The second-order valence-corrected chi connectivity index (χ2v) is 3.57. The summed E-state index contributed by atoms with van der Waals surface area (Å²) in [6.07, 6.45) is 0.430. The van der Waals surface area contributed by atoms with Crippen molar-refractivity contribution < 1.29 is 9.90 Å². The molecule has 2 N–H and O–H groups in total. The van der Waals surface area contributed by atoms with E-state index in [1.165, 1.54) is 0 Å². The first-order valence-corrected chi connectivity index (χ1v) is 5.53. The highest BCUT2D eigenvalue weighted by Gasteiger charge is 2.12. The molecule has 3 nitrogen and oxygen atoms in total. The average molecular weight is 225 g/mol. The van der Waals surface area contributed by atoms with Crippen LogP contribution >= 0.6 is 12.6 Å². The second-order valence-electron chi connectivity index (χ2n) is 3.13. The Hall–Kier alpha value is -1.16. The Morgan fingerprint density at radius 2 is 2.27 bits per heavy atom. The number of anilines is 1. The monoisotopic (exact) mass is 225 g/mol. The number of carbonyl (C=O) groups excluding carboxylic acids is 1. The maximum absolute atomic E-state index is 11.6. The molecule has 0 unspecified atom stereocenters. The highest BCUT2D eigenvalue weighted by Crippen LogP contribution is 2.27. The van der Waals surface area contributed by atoms with Crippen LogP contribution in [-0.4, -0.2) is 23.2 Å². The fourth-order valence-electron chi connectivity index (χ4n) is 1.33. The van der Waals surface area contributed by atoms with Gasteiger partial charge in [0.1, 0.15) is 5.75 Å². The number of nitrogens with one attached hydrogen (secondary N) is 1. The fraction of sp³-hybridized carbons (Fsp3) is 0.364. The van der Waals surface area contributed by atoms with E-state index in [9.17, 15) is 9.90 Å². The third-order valence-corrected chi connectivity index (χ3v) is 2.30. The van der Waals surface area contributed by atoms with Crippen LogP contribution in [0.4, 0.5) is 5.69 Å². The van der Waals surface area contributed by atoms with Crippen LogP contribution in [0.15, 0.2) is 18.2 Å². The summed E-state index contributed by atoms with van der Waals surface area (Å²) < 4.78 is 0. The number of aromatic hydroxyl groups is 1. The van der Waals surface area contributed by atoms with E-state index in [1.54, 1.807) is 25.1 Å². The van der Waals surface area contributed by atoms with Crippen molar-refractivity contribution in [2.75, 3.05) is 17.6 Å². The number of hydrogen-bond donors (Lipinski definition) is 3. The molecule has 0 radical (unpaired) electrons. The van der Waals surface area contributed by atoms with Crippen molar-refractivity contribution in [1.29, 1.82) is 0 Å². The minimum Gasteiger partial charge on any atom is -0.506 e. The average Bonchev–Trinajstić information content (AvgIpc) is 2.26. The Bertz CT molecular complexity index is 352. The van der Waals surface area contributed by atoms with Crippen molar-refractivity contribution in [3.63, 3.8) is 0 Å². The summed E-state index contributed by atoms with van der Waals surface area (Å²) in [6.45, 7) is 2.42. The van der Waals surface area contributed by atoms with Crippen molar-refractivity contribution in [2.24, 2.45) is 0 Å². The molecule has 0 saturated heterocycles. The van der Waals surface area contributed by atoms with Crippen LogP contribution < -0.4 is 5.32 Å². The first kappa shape index (κ1) is 11.9. The van der Waals surface area contributed by atoms with Crippen LogP contribution in [0.3, 0.4) is 0 Å². The highest BCUT2D eigenvalue weighted by molar-refractivity contribution is 7.80. The SMILES string of the molecule is CCC(=O)c1cccc(O)c1NCCS. The zero-order valence-electron chi connectivity index (χ0n) is 8.66. The van der Waals surface area contributed by atoms with E-state index in [0.29, 0.717) is 30.0 Å². The van der Waals surface area contributed by atoms with Gasteiger partial charge in [0.05, 0.1) is 5.69 Å². The number of carbonyl (C=O) groups is 1. The van der Waals surface area contributed by atoms with Crippen LogP contribution in [0.2, 0.25) is 0 Å². The molecule has 0 heterocycles. The van der Waals surface area contributed by atoms with Gasteiger partial charge in [-0.25, -0.2) is 0 Å². The predicted molar refractivity (Wildman–Crippen MR) is 65.1 cm³/mol. The Morgan fingerprint density at radius 1 is 1.53 bits per heavy atom. The zero-order chi connectivity index (χ0) is 11.3. The van der Waals surface area contributed by atoms with E-state index < -0.39 is 0 Å². The number of phenolic OH excluding ortho intramolecular Hbond substituents is 1. The van der Waals surface area contributed by atoms with E-state index in [2.05, 4.69) is 17.9 Å². The molecule has 0 atom stereocenters. The summed E-state index contributed by atoms with van der Waals surface area (Å²) in [5, 5.41) is 12.6. The molecule has 1 aromatic rings. The summed E-state index contributed by atoms with van der Waals surface area (Å²) in [5.74, 6) is 0.775. The number of ketones is 1. The molecule has 0 aliphatic heterocycles. The van der Waals surface area contributed by atoms with Crippen LogP contribution in [0, 0.1) is 0 Å². The van der Waals surface area contributed by atoms with Crippen LogP contribution in [-0.2, 0) is 0 Å². The molecular weight excluding hydrogens is 210 g/mol. The van der Waals surface area contributed by atoms with Gasteiger partial charge < -0.3 is 10.4 Å². The van der Waals surface area contributed by atoms with Gasteiger partial charge in [0.15, 0.2) is 5.78 Å². The van der Waals surface area contributed by atoms with E-state index >= 15 is 0 Å². The van der Waals surface area contributed by atoms with Crippen molar-refractivity contribution in [2.45, 2.75) is 13.3 Å². The first-order valence-electron chi connectivity index (χ1n) is 4.90. The molecule has 0 aliphatic carbocycles. The van der Waals surface area contributed by atoms with Crippen LogP contribution in [0.5, 0.6) is 5.75 Å². The van der Waals surface area contributed by atoms with Gasteiger partial charge in [-0.1, -0.05) is 13.0 Å². The Balaban J connectivity index is 3.03. The number of phenols is 1. The molecule has 0 aliphatic rings. The standard InChI is InChI=1S/C11H15NO2S/c1-2-9(13)8-4-3-5-10(14)11(8)12-6-7-15/h3-5,12,14-15H,2,6-7H2,1H3. The van der Waals surface area contributed by atoms with Gasteiger partial charge >= 0.3 is 0 Å². The van der Waals surface area contributed by atoms with Gasteiger partial charge in [-0.15, -0.1) is 0 Å². The van der Waals surface area contributed by atoms with Crippen LogP contribution in [0.1, 0.15) is 23.7 Å². The molecule has 0 amide bonds. The third-order valence-electron chi connectivity index (χ3n) is 2.08. The predicted octanol–water partition coefficient (Wildman–Crippen LogP) is 2.33. The molecule has 0 aromatic heterocycles. The van der Waals surface area contributed by atoms with Crippen molar-refractivity contribution in [3.8, 4) is 5.75 Å². The van der Waals surface area contributed by atoms with Gasteiger partial charge in [0.25, 0.3) is 0 Å². The second kappa shape index (κ2) is 5.66. The normalized spacial score (nSPS) is 10.0. The maximum atomic E-state index is 11.6. The third kappa shape index (κ3) is 2.89. The molecule has 0 spiro atoms. The lowest BCUT2D eigenvalue weighted by atomic mass is 10.1. The summed E-state index contributed by atoms with van der Waals surface area (Å²) in [5.41, 5.74) is 1.05. The van der Waals surface area contributed by atoms with Gasteiger partial charge in [0, 0.05) is 24.3 Å². The van der Waals surface area contributed by atoms with E-state index in [-0.39, 0.29) is 11.5 Å². The maximum Gasteiger partial charge on any atom is 0.164 e. The lowest BCUT2D eigenvalue weighted by molar-refractivity contribution is 0.0988. The fourth-order valence-corrected chi connectivity index (χ4v) is 1.44. The van der Waals surface area contributed by atoms with Gasteiger partial charge in [-0.3, -0.25) is 4.79 Å². The Labute approximate surface area is 94.9 Å².